The summed E-state index contributed by atoms with van der Waals surface area (Å²) in [5.41, 5.74) is 0.738. The van der Waals surface area contributed by atoms with Crippen LogP contribution in [0.25, 0.3) is 0 Å². The van der Waals surface area contributed by atoms with E-state index in [4.69, 9.17) is 0 Å². The van der Waals surface area contributed by atoms with Crippen molar-refractivity contribution in [1.29, 1.82) is 0 Å². The minimum Gasteiger partial charge on any atom is -0.307 e. The van der Waals surface area contributed by atoms with Gasteiger partial charge in [-0.15, -0.1) is 0 Å². The third kappa shape index (κ3) is 4.08. The maximum Gasteiger partial charge on any atom is 0.277 e. The Hall–Kier alpha value is -4.60. The van der Waals surface area contributed by atoms with Gasteiger partial charge in [0.2, 0.25) is 6.41 Å². The van der Waals surface area contributed by atoms with Crippen LogP contribution in [0.4, 0.5) is 22.7 Å². The summed E-state index contributed by atoms with van der Waals surface area (Å²) in [6.45, 7) is 1.81. The van der Waals surface area contributed by atoms with Gasteiger partial charge in [0.1, 0.15) is 0 Å². The highest BCUT2D eigenvalue weighted by Crippen LogP contribution is 2.42. The minimum atomic E-state index is -0.769. The molecule has 1 aliphatic heterocycles. The zero-order valence-corrected chi connectivity index (χ0v) is 18.1. The highest BCUT2D eigenvalue weighted by atomic mass is 16.6. The SMILES string of the molecule is CC1CC(N(C=O)c2ccccc2)c2ccccc2N1C(=O)c1cc([N+](=O)[O-])cc([N+](=O)[O-])c1. The number of nitrogens with zero attached hydrogens (tertiary/aromatic N) is 4. The maximum atomic E-state index is 13.5. The maximum absolute atomic E-state index is 13.5. The third-order valence-electron chi connectivity index (χ3n) is 5.85. The Balaban J connectivity index is 1.79. The quantitative estimate of drug-likeness (QED) is 0.299. The average Bonchev–Trinajstić information content (AvgIpc) is 2.84. The van der Waals surface area contributed by atoms with Crippen LogP contribution in [0.3, 0.4) is 0 Å². The van der Waals surface area contributed by atoms with Crippen LogP contribution in [0.1, 0.15) is 35.3 Å². The molecule has 4 rings (SSSR count). The summed E-state index contributed by atoms with van der Waals surface area (Å²) in [5.74, 6) is -0.595. The van der Waals surface area contributed by atoms with Crippen molar-refractivity contribution in [3.05, 3.63) is 104 Å². The van der Waals surface area contributed by atoms with Crippen molar-refractivity contribution in [2.24, 2.45) is 0 Å². The van der Waals surface area contributed by atoms with Crippen molar-refractivity contribution in [1.82, 2.24) is 0 Å². The van der Waals surface area contributed by atoms with E-state index in [2.05, 4.69) is 0 Å². The molecule has 3 aromatic rings. The normalized spacial score (nSPS) is 16.9. The Morgan fingerprint density at radius 2 is 1.56 bits per heavy atom. The van der Waals surface area contributed by atoms with Gasteiger partial charge in [-0.05, 0) is 37.1 Å². The predicted molar refractivity (Wildman–Crippen MR) is 125 cm³/mol. The van der Waals surface area contributed by atoms with Gasteiger partial charge in [0.25, 0.3) is 17.3 Å². The predicted octanol–water partition coefficient (Wildman–Crippen LogP) is 4.65. The molecule has 2 atom stereocenters. The van der Waals surface area contributed by atoms with Crippen LogP contribution in [-0.2, 0) is 4.79 Å². The summed E-state index contributed by atoms with van der Waals surface area (Å²) in [6.07, 6.45) is 1.15. The van der Waals surface area contributed by atoms with Gasteiger partial charge >= 0.3 is 0 Å². The first-order valence-corrected chi connectivity index (χ1v) is 10.5. The van der Waals surface area contributed by atoms with Gasteiger partial charge in [-0.1, -0.05) is 36.4 Å². The van der Waals surface area contributed by atoms with E-state index in [-0.39, 0.29) is 11.6 Å². The third-order valence-corrected chi connectivity index (χ3v) is 5.85. The van der Waals surface area contributed by atoms with Crippen molar-refractivity contribution in [2.75, 3.05) is 9.80 Å². The van der Waals surface area contributed by atoms with Gasteiger partial charge in [-0.2, -0.15) is 0 Å². The summed E-state index contributed by atoms with van der Waals surface area (Å²) in [4.78, 5) is 49.7. The first kappa shape index (κ1) is 22.6. The van der Waals surface area contributed by atoms with E-state index in [9.17, 15) is 29.8 Å². The van der Waals surface area contributed by atoms with Gasteiger partial charge < -0.3 is 9.80 Å². The molecule has 34 heavy (non-hydrogen) atoms. The number of hydrogen-bond donors (Lipinski definition) is 0. The number of anilines is 2. The molecule has 2 amide bonds. The lowest BCUT2D eigenvalue weighted by Gasteiger charge is -2.42. The summed E-state index contributed by atoms with van der Waals surface area (Å²) in [7, 11) is 0. The van der Waals surface area contributed by atoms with Crippen LogP contribution >= 0.6 is 0 Å². The summed E-state index contributed by atoms with van der Waals surface area (Å²) >= 11 is 0. The van der Waals surface area contributed by atoms with Crippen LogP contribution < -0.4 is 9.80 Å². The van der Waals surface area contributed by atoms with Crippen molar-refractivity contribution in [3.63, 3.8) is 0 Å². The van der Waals surface area contributed by atoms with E-state index in [1.807, 2.05) is 36.4 Å². The molecule has 0 aliphatic carbocycles. The second-order valence-electron chi connectivity index (χ2n) is 7.94. The molecule has 1 aliphatic rings. The molecule has 2 unspecified atom stereocenters. The Kier molecular flexibility index (Phi) is 6.05. The molecule has 0 radical (unpaired) electrons. The number of nitro groups is 2. The molecule has 0 spiro atoms. The number of para-hydroxylation sites is 2. The molecule has 0 saturated heterocycles. The highest BCUT2D eigenvalue weighted by molar-refractivity contribution is 6.08. The van der Waals surface area contributed by atoms with E-state index in [1.54, 1.807) is 30.0 Å². The number of nitro benzene ring substituents is 2. The highest BCUT2D eigenvalue weighted by Gasteiger charge is 2.37. The van der Waals surface area contributed by atoms with E-state index in [1.165, 1.54) is 4.90 Å². The van der Waals surface area contributed by atoms with Crippen LogP contribution in [0, 0.1) is 20.2 Å². The summed E-state index contributed by atoms with van der Waals surface area (Å²) in [6, 6.07) is 18.4. The number of benzene rings is 3. The Morgan fingerprint density at radius 3 is 2.15 bits per heavy atom. The van der Waals surface area contributed by atoms with E-state index < -0.39 is 33.2 Å². The summed E-state index contributed by atoms with van der Waals surface area (Å²) < 4.78 is 0. The molecular weight excluding hydrogens is 440 g/mol. The van der Waals surface area contributed by atoms with Crippen LogP contribution in [-0.4, -0.2) is 28.2 Å². The number of carbonyl (C=O) groups excluding carboxylic acids is 2. The van der Waals surface area contributed by atoms with Crippen molar-refractivity contribution in [3.8, 4) is 0 Å². The number of carbonyl (C=O) groups is 2. The molecule has 0 N–H and O–H groups in total. The van der Waals surface area contributed by atoms with E-state index >= 15 is 0 Å². The number of fused-ring (bicyclic) bond motifs is 1. The second-order valence-corrected chi connectivity index (χ2v) is 7.94. The van der Waals surface area contributed by atoms with Gasteiger partial charge in [-0.25, -0.2) is 0 Å². The number of amides is 2. The fourth-order valence-electron chi connectivity index (χ4n) is 4.34. The van der Waals surface area contributed by atoms with Gasteiger partial charge in [0, 0.05) is 29.5 Å². The van der Waals surface area contributed by atoms with Crippen LogP contribution in [0.15, 0.2) is 72.8 Å². The minimum absolute atomic E-state index is 0.156. The largest absolute Gasteiger partial charge is 0.307 e. The summed E-state index contributed by atoms with van der Waals surface area (Å²) in [5, 5.41) is 22.6. The van der Waals surface area contributed by atoms with Crippen LogP contribution in [0.5, 0.6) is 0 Å². The smallest absolute Gasteiger partial charge is 0.277 e. The zero-order chi connectivity index (χ0) is 24.4. The van der Waals surface area contributed by atoms with Gasteiger partial charge in [0.05, 0.1) is 27.5 Å². The molecule has 0 fully saturated rings. The Morgan fingerprint density at radius 1 is 0.971 bits per heavy atom. The molecule has 172 valence electrons. The van der Waals surface area contributed by atoms with Crippen molar-refractivity contribution < 1.29 is 19.4 Å². The molecule has 0 bridgehead atoms. The molecule has 10 heteroatoms. The number of non-ortho nitro benzene ring substituents is 2. The van der Waals surface area contributed by atoms with Crippen molar-refractivity contribution in [2.45, 2.75) is 25.4 Å². The molecule has 10 nitrogen and oxygen atoms in total. The number of hydrogen-bond acceptors (Lipinski definition) is 6. The molecule has 3 aromatic carbocycles. The van der Waals surface area contributed by atoms with E-state index in [0.717, 1.165) is 30.2 Å². The second kappa shape index (κ2) is 9.10. The fourth-order valence-corrected chi connectivity index (χ4v) is 4.34. The average molecular weight is 460 g/mol. The zero-order valence-electron chi connectivity index (χ0n) is 18.1. The lowest BCUT2D eigenvalue weighted by atomic mass is 9.89. The monoisotopic (exact) mass is 460 g/mol. The number of rotatable bonds is 6. The molecule has 0 saturated carbocycles. The molecule has 1 heterocycles. The fraction of sp³-hybridized carbons (Fsp3) is 0.167. The van der Waals surface area contributed by atoms with Gasteiger partial charge in [0.15, 0.2) is 0 Å². The lowest BCUT2D eigenvalue weighted by Crippen LogP contribution is -2.46. The molecule has 0 aromatic heterocycles. The van der Waals surface area contributed by atoms with Gasteiger partial charge in [-0.3, -0.25) is 29.8 Å². The van der Waals surface area contributed by atoms with Crippen molar-refractivity contribution >= 4 is 35.1 Å². The topological polar surface area (TPSA) is 127 Å². The van der Waals surface area contributed by atoms with E-state index in [0.29, 0.717) is 17.8 Å². The van der Waals surface area contributed by atoms with Crippen LogP contribution in [0.2, 0.25) is 0 Å². The Bertz CT molecular complexity index is 1250. The molecular formula is C24H20N4O6. The standard InChI is InChI=1S/C24H20N4O6/c1-16-11-23(25(15-29)18-7-3-2-4-8-18)21-9-5-6-10-22(21)26(16)24(30)17-12-19(27(31)32)14-20(13-17)28(33)34/h2-10,12-16,23H,11H2,1H3. The Labute approximate surface area is 194 Å². The first-order valence-electron chi connectivity index (χ1n) is 10.5. The lowest BCUT2D eigenvalue weighted by molar-refractivity contribution is -0.394. The first-order chi connectivity index (χ1) is 16.3.